The molecule has 0 amide bonds. The van der Waals surface area contributed by atoms with Gasteiger partial charge >= 0.3 is 0 Å². The van der Waals surface area contributed by atoms with Crippen molar-refractivity contribution in [2.24, 2.45) is 0 Å². The first-order chi connectivity index (χ1) is 6.66. The normalized spacial score (nSPS) is 10.5. The zero-order valence-electron chi connectivity index (χ0n) is 7.51. The minimum Gasteiger partial charge on any atom is -0.282 e. The molecule has 0 radical (unpaired) electrons. The van der Waals surface area contributed by atoms with Crippen LogP contribution in [0.5, 0.6) is 0 Å². The molecule has 1 aromatic carbocycles. The summed E-state index contributed by atoms with van der Waals surface area (Å²) in [4.78, 5) is 0. The van der Waals surface area contributed by atoms with E-state index in [0.717, 1.165) is 17.0 Å². The molecule has 0 fully saturated rings. The molecule has 0 spiro atoms. The Bertz CT molecular complexity index is 463. The molecule has 0 unspecified atom stereocenters. The van der Waals surface area contributed by atoms with E-state index >= 15 is 0 Å². The van der Waals surface area contributed by atoms with Crippen LogP contribution < -0.4 is 0 Å². The van der Waals surface area contributed by atoms with E-state index in [1.165, 1.54) is 0 Å². The van der Waals surface area contributed by atoms with E-state index in [0.29, 0.717) is 10.0 Å². The Labute approximate surface area is 91.9 Å². The topological polar surface area (TPSA) is 28.7 Å². The second-order valence-electron chi connectivity index (χ2n) is 3.06. The Kier molecular flexibility index (Phi) is 2.48. The van der Waals surface area contributed by atoms with Crippen molar-refractivity contribution >= 4 is 23.2 Å². The highest BCUT2D eigenvalue weighted by molar-refractivity contribution is 6.36. The summed E-state index contributed by atoms with van der Waals surface area (Å²) < 4.78 is 0. The van der Waals surface area contributed by atoms with Gasteiger partial charge in [-0.1, -0.05) is 23.2 Å². The van der Waals surface area contributed by atoms with Crippen LogP contribution in [0.1, 0.15) is 5.69 Å². The van der Waals surface area contributed by atoms with E-state index in [-0.39, 0.29) is 0 Å². The zero-order valence-corrected chi connectivity index (χ0v) is 9.02. The summed E-state index contributed by atoms with van der Waals surface area (Å²) in [6, 6.07) is 7.31. The Hall–Kier alpha value is -0.990. The van der Waals surface area contributed by atoms with Crippen LogP contribution in [0.2, 0.25) is 10.0 Å². The van der Waals surface area contributed by atoms with Crippen LogP contribution in [0.25, 0.3) is 11.3 Å². The van der Waals surface area contributed by atoms with Crippen molar-refractivity contribution in [1.82, 2.24) is 10.2 Å². The van der Waals surface area contributed by atoms with Gasteiger partial charge in [0.15, 0.2) is 0 Å². The van der Waals surface area contributed by atoms with Gasteiger partial charge in [-0.3, -0.25) is 5.10 Å². The maximum absolute atomic E-state index is 6.03. The lowest BCUT2D eigenvalue weighted by Gasteiger charge is -1.99. The van der Waals surface area contributed by atoms with Crippen LogP contribution in [0.4, 0.5) is 0 Å². The van der Waals surface area contributed by atoms with Crippen molar-refractivity contribution < 1.29 is 0 Å². The fraction of sp³-hybridized carbons (Fsp3) is 0.100. The average Bonchev–Trinajstić information content (AvgIpc) is 2.51. The van der Waals surface area contributed by atoms with Crippen molar-refractivity contribution in [1.29, 1.82) is 0 Å². The molecule has 72 valence electrons. The number of nitrogens with one attached hydrogen (secondary N) is 1. The van der Waals surface area contributed by atoms with Gasteiger partial charge in [-0.05, 0) is 31.2 Å². The minimum atomic E-state index is 0.615. The monoisotopic (exact) mass is 226 g/mol. The van der Waals surface area contributed by atoms with Gasteiger partial charge in [0, 0.05) is 16.3 Å². The van der Waals surface area contributed by atoms with Crippen LogP contribution in [-0.4, -0.2) is 10.2 Å². The molecule has 4 heteroatoms. The lowest BCUT2D eigenvalue weighted by Crippen LogP contribution is -1.79. The number of H-pyrrole nitrogens is 1. The molecular weight excluding hydrogens is 219 g/mol. The Morgan fingerprint density at radius 1 is 1.21 bits per heavy atom. The molecule has 0 aliphatic rings. The third kappa shape index (κ3) is 1.76. The van der Waals surface area contributed by atoms with E-state index in [9.17, 15) is 0 Å². The number of rotatable bonds is 1. The maximum Gasteiger partial charge on any atom is 0.0938 e. The summed E-state index contributed by atoms with van der Waals surface area (Å²) in [5.74, 6) is 0. The number of hydrogen-bond donors (Lipinski definition) is 1. The molecule has 0 atom stereocenters. The number of hydrogen-bond acceptors (Lipinski definition) is 1. The number of aromatic amines is 1. The van der Waals surface area contributed by atoms with Crippen LogP contribution in [0, 0.1) is 6.92 Å². The number of benzene rings is 1. The van der Waals surface area contributed by atoms with Crippen molar-refractivity contribution in [3.05, 3.63) is 40.0 Å². The molecule has 14 heavy (non-hydrogen) atoms. The molecule has 0 bridgehead atoms. The van der Waals surface area contributed by atoms with E-state index in [1.54, 1.807) is 12.1 Å². The van der Waals surface area contributed by atoms with Crippen molar-refractivity contribution in [3.8, 4) is 11.3 Å². The lowest BCUT2D eigenvalue weighted by molar-refractivity contribution is 1.05. The summed E-state index contributed by atoms with van der Waals surface area (Å²) in [7, 11) is 0. The van der Waals surface area contributed by atoms with E-state index in [2.05, 4.69) is 10.2 Å². The molecule has 0 aliphatic carbocycles. The number of aromatic nitrogens is 2. The van der Waals surface area contributed by atoms with Crippen molar-refractivity contribution in [3.63, 3.8) is 0 Å². The van der Waals surface area contributed by atoms with Gasteiger partial charge in [0.25, 0.3) is 0 Å². The van der Waals surface area contributed by atoms with Gasteiger partial charge in [0.05, 0.1) is 10.7 Å². The molecule has 0 saturated heterocycles. The first kappa shape index (κ1) is 9.56. The lowest BCUT2D eigenvalue weighted by atomic mass is 10.1. The molecule has 2 rings (SSSR count). The van der Waals surface area contributed by atoms with Crippen LogP contribution in [0.3, 0.4) is 0 Å². The molecule has 1 aromatic heterocycles. The Morgan fingerprint density at radius 3 is 2.57 bits per heavy atom. The van der Waals surface area contributed by atoms with E-state index < -0.39 is 0 Å². The van der Waals surface area contributed by atoms with Gasteiger partial charge in [-0.2, -0.15) is 5.10 Å². The number of aryl methyl sites for hydroxylation is 1. The fourth-order valence-electron chi connectivity index (χ4n) is 1.25. The highest BCUT2D eigenvalue weighted by Crippen LogP contribution is 2.29. The standard InChI is InChI=1S/C10H8Cl2N2/c1-6-4-10(14-13-6)8-3-2-7(11)5-9(8)12/h2-5H,1H3,(H,13,14). The Morgan fingerprint density at radius 2 is 2.00 bits per heavy atom. The maximum atomic E-state index is 6.03. The quantitative estimate of drug-likeness (QED) is 0.790. The largest absolute Gasteiger partial charge is 0.282 e. The average molecular weight is 227 g/mol. The van der Waals surface area contributed by atoms with E-state index in [1.807, 2.05) is 19.1 Å². The summed E-state index contributed by atoms with van der Waals surface area (Å²) in [5, 5.41) is 8.24. The summed E-state index contributed by atoms with van der Waals surface area (Å²) >= 11 is 11.8. The van der Waals surface area contributed by atoms with Gasteiger partial charge < -0.3 is 0 Å². The smallest absolute Gasteiger partial charge is 0.0938 e. The highest BCUT2D eigenvalue weighted by atomic mass is 35.5. The summed E-state index contributed by atoms with van der Waals surface area (Å²) in [6.45, 7) is 1.94. The number of nitrogens with zero attached hydrogens (tertiary/aromatic N) is 1. The molecule has 0 saturated carbocycles. The van der Waals surface area contributed by atoms with Crippen LogP contribution in [0.15, 0.2) is 24.3 Å². The molecule has 0 aliphatic heterocycles. The third-order valence-corrected chi connectivity index (χ3v) is 2.46. The SMILES string of the molecule is Cc1cc(-c2ccc(Cl)cc2Cl)n[nH]1. The summed E-state index contributed by atoms with van der Waals surface area (Å²) in [5.41, 5.74) is 2.73. The Balaban J connectivity index is 2.52. The first-order valence-electron chi connectivity index (χ1n) is 4.14. The van der Waals surface area contributed by atoms with Gasteiger partial charge in [-0.15, -0.1) is 0 Å². The fourth-order valence-corrected chi connectivity index (χ4v) is 1.76. The molecule has 2 aromatic rings. The van der Waals surface area contributed by atoms with Crippen molar-refractivity contribution in [2.75, 3.05) is 0 Å². The number of halogens is 2. The van der Waals surface area contributed by atoms with Gasteiger partial charge in [-0.25, -0.2) is 0 Å². The van der Waals surface area contributed by atoms with Crippen LogP contribution in [-0.2, 0) is 0 Å². The molecular formula is C10H8Cl2N2. The van der Waals surface area contributed by atoms with Gasteiger partial charge in [0.1, 0.15) is 0 Å². The van der Waals surface area contributed by atoms with Crippen LogP contribution >= 0.6 is 23.2 Å². The second-order valence-corrected chi connectivity index (χ2v) is 3.90. The third-order valence-electron chi connectivity index (χ3n) is 1.91. The van der Waals surface area contributed by atoms with Crippen molar-refractivity contribution in [2.45, 2.75) is 6.92 Å². The molecule has 1 heterocycles. The minimum absolute atomic E-state index is 0.615. The zero-order chi connectivity index (χ0) is 10.1. The predicted octanol–water partition coefficient (Wildman–Crippen LogP) is 3.69. The van der Waals surface area contributed by atoms with Gasteiger partial charge in [0.2, 0.25) is 0 Å². The highest BCUT2D eigenvalue weighted by Gasteiger charge is 2.06. The predicted molar refractivity (Wildman–Crippen MR) is 58.8 cm³/mol. The first-order valence-corrected chi connectivity index (χ1v) is 4.90. The van der Waals surface area contributed by atoms with E-state index in [4.69, 9.17) is 23.2 Å². The molecule has 2 nitrogen and oxygen atoms in total. The summed E-state index contributed by atoms with van der Waals surface area (Å²) in [6.07, 6.45) is 0. The second kappa shape index (κ2) is 3.64. The molecule has 1 N–H and O–H groups in total.